The number of amides is 2. The van der Waals surface area contributed by atoms with Crippen LogP contribution in [0.3, 0.4) is 0 Å². The van der Waals surface area contributed by atoms with Crippen molar-refractivity contribution in [2.75, 3.05) is 17.2 Å². The fourth-order valence-electron chi connectivity index (χ4n) is 2.04. The first kappa shape index (κ1) is 15.6. The minimum atomic E-state index is -0.571. The average molecular weight is 297 g/mol. The number of aryl methyl sites for hydroxylation is 2. The third-order valence-corrected chi connectivity index (χ3v) is 3.43. The number of benzene rings is 2. The van der Waals surface area contributed by atoms with Gasteiger partial charge in [0.15, 0.2) is 0 Å². The molecule has 0 aliphatic carbocycles. The second kappa shape index (κ2) is 6.76. The van der Waals surface area contributed by atoms with Crippen LogP contribution in [0.15, 0.2) is 42.5 Å². The van der Waals surface area contributed by atoms with E-state index in [1.807, 2.05) is 32.0 Å². The number of nitrogens with one attached hydrogen (secondary N) is 2. The highest BCUT2D eigenvalue weighted by atomic mass is 16.2. The summed E-state index contributed by atoms with van der Waals surface area (Å²) in [5, 5.41) is 5.74. The summed E-state index contributed by atoms with van der Waals surface area (Å²) in [6, 6.07) is 12.6. The zero-order valence-electron chi connectivity index (χ0n) is 12.6. The number of carbonyl (C=O) groups is 2. The molecule has 0 saturated heterocycles. The Morgan fingerprint density at radius 3 is 2.45 bits per heavy atom. The van der Waals surface area contributed by atoms with Crippen molar-refractivity contribution in [3.8, 4) is 0 Å². The highest BCUT2D eigenvalue weighted by Gasteiger charge is 2.10. The van der Waals surface area contributed by atoms with Crippen LogP contribution in [0.4, 0.5) is 11.4 Å². The van der Waals surface area contributed by atoms with Crippen LogP contribution in [-0.2, 0) is 4.79 Å². The Kier molecular flexibility index (Phi) is 4.78. The first-order valence-corrected chi connectivity index (χ1v) is 6.97. The van der Waals surface area contributed by atoms with E-state index < -0.39 is 5.91 Å². The minimum absolute atomic E-state index is 0.107. The third kappa shape index (κ3) is 3.85. The summed E-state index contributed by atoms with van der Waals surface area (Å²) in [5.41, 5.74) is 9.22. The molecule has 114 valence electrons. The van der Waals surface area contributed by atoms with Crippen LogP contribution in [0.5, 0.6) is 0 Å². The summed E-state index contributed by atoms with van der Waals surface area (Å²) in [7, 11) is 0. The first-order valence-electron chi connectivity index (χ1n) is 6.97. The molecule has 2 amide bonds. The van der Waals surface area contributed by atoms with Crippen LogP contribution in [0.1, 0.15) is 21.5 Å². The van der Waals surface area contributed by atoms with E-state index in [0.29, 0.717) is 11.3 Å². The fraction of sp³-hybridized carbons (Fsp3) is 0.176. The molecule has 2 rings (SSSR count). The monoisotopic (exact) mass is 297 g/mol. The van der Waals surface area contributed by atoms with Crippen LogP contribution in [0.25, 0.3) is 0 Å². The van der Waals surface area contributed by atoms with Gasteiger partial charge in [-0.05, 0) is 49.2 Å². The summed E-state index contributed by atoms with van der Waals surface area (Å²) in [6.45, 7) is 4.16. The maximum atomic E-state index is 12.0. The van der Waals surface area contributed by atoms with Crippen LogP contribution >= 0.6 is 0 Å². The lowest BCUT2D eigenvalue weighted by Gasteiger charge is -2.11. The van der Waals surface area contributed by atoms with Crippen molar-refractivity contribution in [1.29, 1.82) is 0 Å². The van der Waals surface area contributed by atoms with Gasteiger partial charge in [0, 0.05) is 5.69 Å². The number of para-hydroxylation sites is 1. The van der Waals surface area contributed by atoms with E-state index in [-0.39, 0.29) is 12.5 Å². The van der Waals surface area contributed by atoms with Crippen molar-refractivity contribution >= 4 is 23.2 Å². The topological polar surface area (TPSA) is 84.2 Å². The normalized spacial score (nSPS) is 10.1. The molecule has 2 aromatic carbocycles. The standard InChI is InChI=1S/C17H19N3O2/c1-11-7-8-13(9-12(11)2)19-10-16(21)20-15-6-4-3-5-14(15)17(18)22/h3-9,19H,10H2,1-2H3,(H2,18,22)(H,20,21). The summed E-state index contributed by atoms with van der Waals surface area (Å²) in [5.74, 6) is -0.815. The van der Waals surface area contributed by atoms with Gasteiger partial charge in [-0.1, -0.05) is 18.2 Å². The first-order chi connectivity index (χ1) is 10.5. The zero-order chi connectivity index (χ0) is 16.1. The van der Waals surface area contributed by atoms with Gasteiger partial charge in [-0.3, -0.25) is 9.59 Å². The highest BCUT2D eigenvalue weighted by Crippen LogP contribution is 2.15. The van der Waals surface area contributed by atoms with Gasteiger partial charge in [-0.15, -0.1) is 0 Å². The van der Waals surface area contributed by atoms with Gasteiger partial charge >= 0.3 is 0 Å². The molecule has 22 heavy (non-hydrogen) atoms. The highest BCUT2D eigenvalue weighted by molar-refractivity contribution is 6.03. The van der Waals surface area contributed by atoms with Gasteiger partial charge in [-0.25, -0.2) is 0 Å². The molecule has 4 N–H and O–H groups in total. The second-order valence-electron chi connectivity index (χ2n) is 5.11. The predicted octanol–water partition coefficient (Wildman–Crippen LogP) is 2.45. The summed E-state index contributed by atoms with van der Waals surface area (Å²) >= 11 is 0. The Labute approximate surface area is 129 Å². The second-order valence-corrected chi connectivity index (χ2v) is 5.11. The predicted molar refractivity (Wildman–Crippen MR) is 88.0 cm³/mol. The van der Waals surface area contributed by atoms with Gasteiger partial charge < -0.3 is 16.4 Å². The number of primary amides is 1. The largest absolute Gasteiger partial charge is 0.376 e. The van der Waals surface area contributed by atoms with E-state index in [4.69, 9.17) is 5.73 Å². The smallest absolute Gasteiger partial charge is 0.250 e. The maximum absolute atomic E-state index is 12.0. The molecular weight excluding hydrogens is 278 g/mol. The SMILES string of the molecule is Cc1ccc(NCC(=O)Nc2ccccc2C(N)=O)cc1C. The van der Waals surface area contributed by atoms with Crippen molar-refractivity contribution in [2.24, 2.45) is 5.73 Å². The minimum Gasteiger partial charge on any atom is -0.376 e. The average Bonchev–Trinajstić information content (AvgIpc) is 2.49. The molecule has 2 aromatic rings. The molecule has 0 aromatic heterocycles. The van der Waals surface area contributed by atoms with Crippen molar-refractivity contribution in [3.63, 3.8) is 0 Å². The molecule has 5 nitrogen and oxygen atoms in total. The molecule has 0 saturated carbocycles. The molecule has 0 bridgehead atoms. The Balaban J connectivity index is 1.99. The third-order valence-electron chi connectivity index (χ3n) is 3.43. The molecule has 0 fully saturated rings. The van der Waals surface area contributed by atoms with E-state index in [9.17, 15) is 9.59 Å². The van der Waals surface area contributed by atoms with Crippen LogP contribution in [0.2, 0.25) is 0 Å². The lowest BCUT2D eigenvalue weighted by atomic mass is 10.1. The lowest BCUT2D eigenvalue weighted by molar-refractivity contribution is -0.114. The van der Waals surface area contributed by atoms with E-state index >= 15 is 0 Å². The van der Waals surface area contributed by atoms with Crippen molar-refractivity contribution in [3.05, 3.63) is 59.2 Å². The number of carbonyl (C=O) groups excluding carboxylic acids is 2. The van der Waals surface area contributed by atoms with E-state index in [0.717, 1.165) is 11.3 Å². The van der Waals surface area contributed by atoms with Gasteiger partial charge in [-0.2, -0.15) is 0 Å². The molecule has 5 heteroatoms. The number of rotatable bonds is 5. The van der Waals surface area contributed by atoms with Crippen molar-refractivity contribution in [2.45, 2.75) is 13.8 Å². The summed E-state index contributed by atoms with van der Waals surface area (Å²) < 4.78 is 0. The Hall–Kier alpha value is -2.82. The number of anilines is 2. The quantitative estimate of drug-likeness (QED) is 0.792. The molecule has 0 heterocycles. The molecule has 0 unspecified atom stereocenters. The van der Waals surface area contributed by atoms with E-state index in [1.54, 1.807) is 24.3 Å². The van der Waals surface area contributed by atoms with Crippen molar-refractivity contribution < 1.29 is 9.59 Å². The molecule has 0 aliphatic rings. The molecule has 0 radical (unpaired) electrons. The fourth-order valence-corrected chi connectivity index (χ4v) is 2.04. The molecule has 0 atom stereocenters. The van der Waals surface area contributed by atoms with E-state index in [2.05, 4.69) is 10.6 Å². The van der Waals surface area contributed by atoms with E-state index in [1.165, 1.54) is 5.56 Å². The Bertz CT molecular complexity index is 711. The molecule has 0 aliphatic heterocycles. The summed E-state index contributed by atoms with van der Waals surface area (Å²) in [6.07, 6.45) is 0. The summed E-state index contributed by atoms with van der Waals surface area (Å²) in [4.78, 5) is 23.3. The number of nitrogens with two attached hydrogens (primary N) is 1. The lowest BCUT2D eigenvalue weighted by Crippen LogP contribution is -2.24. The molecule has 0 spiro atoms. The van der Waals surface area contributed by atoms with Gasteiger partial charge in [0.05, 0.1) is 17.8 Å². The van der Waals surface area contributed by atoms with Gasteiger partial charge in [0.2, 0.25) is 5.91 Å². The number of hydrogen-bond donors (Lipinski definition) is 3. The van der Waals surface area contributed by atoms with Gasteiger partial charge in [0.1, 0.15) is 0 Å². The number of hydrogen-bond acceptors (Lipinski definition) is 3. The van der Waals surface area contributed by atoms with Crippen LogP contribution in [0, 0.1) is 13.8 Å². The van der Waals surface area contributed by atoms with Gasteiger partial charge in [0.25, 0.3) is 5.91 Å². The van der Waals surface area contributed by atoms with Crippen molar-refractivity contribution in [1.82, 2.24) is 0 Å². The van der Waals surface area contributed by atoms with Crippen LogP contribution < -0.4 is 16.4 Å². The maximum Gasteiger partial charge on any atom is 0.250 e. The Morgan fingerprint density at radius 2 is 1.77 bits per heavy atom. The molecular formula is C17H19N3O2. The zero-order valence-corrected chi connectivity index (χ0v) is 12.6. The van der Waals surface area contributed by atoms with Crippen LogP contribution in [-0.4, -0.2) is 18.4 Å². The Morgan fingerprint density at radius 1 is 1.05 bits per heavy atom.